The maximum Gasteiger partial charge on any atom is 0.264 e. The fourth-order valence-corrected chi connectivity index (χ4v) is 4.51. The minimum Gasteiger partial charge on any atom is -0.384 e. The Kier molecular flexibility index (Phi) is 5.05. The first-order valence-electron chi connectivity index (χ1n) is 8.97. The van der Waals surface area contributed by atoms with Crippen molar-refractivity contribution >= 4 is 17.2 Å². The van der Waals surface area contributed by atoms with E-state index in [1.165, 1.54) is 11.3 Å². The van der Waals surface area contributed by atoms with E-state index >= 15 is 0 Å². The highest BCUT2D eigenvalue weighted by molar-refractivity contribution is 7.12. The smallest absolute Gasteiger partial charge is 0.264 e. The average molecular weight is 382 g/mol. The Labute approximate surface area is 162 Å². The van der Waals surface area contributed by atoms with Gasteiger partial charge in [0.15, 0.2) is 5.82 Å². The summed E-state index contributed by atoms with van der Waals surface area (Å²) in [6, 6.07) is 11.9. The summed E-state index contributed by atoms with van der Waals surface area (Å²) >= 11 is 1.50. The normalized spacial score (nSPS) is 19.6. The molecule has 0 bridgehead atoms. The number of nitrogens with zero attached hydrogens (tertiary/aromatic N) is 3. The SMILES string of the molecule is COC[C@@H]1CN(C(=O)c2sccc2C)C[C@H]1c1nc(-c2ccccc2)n[nH]1. The van der Waals surface area contributed by atoms with E-state index in [0.717, 1.165) is 21.8 Å². The van der Waals surface area contributed by atoms with Gasteiger partial charge in [-0.2, -0.15) is 5.10 Å². The van der Waals surface area contributed by atoms with Crippen LogP contribution in [0.5, 0.6) is 0 Å². The number of aromatic nitrogens is 3. The molecule has 3 heterocycles. The Hall–Kier alpha value is -2.51. The zero-order chi connectivity index (χ0) is 18.8. The third kappa shape index (κ3) is 3.52. The highest BCUT2D eigenvalue weighted by atomic mass is 32.1. The van der Waals surface area contributed by atoms with Gasteiger partial charge >= 0.3 is 0 Å². The molecule has 0 spiro atoms. The molecule has 1 aliphatic rings. The van der Waals surface area contributed by atoms with E-state index < -0.39 is 0 Å². The fourth-order valence-electron chi connectivity index (χ4n) is 3.62. The van der Waals surface area contributed by atoms with Crippen molar-refractivity contribution in [2.75, 3.05) is 26.8 Å². The number of hydrogen-bond acceptors (Lipinski definition) is 5. The van der Waals surface area contributed by atoms with Crippen molar-refractivity contribution < 1.29 is 9.53 Å². The molecular formula is C20H22N4O2S. The van der Waals surface area contributed by atoms with Gasteiger partial charge in [0.05, 0.1) is 11.5 Å². The van der Waals surface area contributed by atoms with Gasteiger partial charge in [0.1, 0.15) is 5.82 Å². The summed E-state index contributed by atoms with van der Waals surface area (Å²) in [5.41, 5.74) is 2.01. The van der Waals surface area contributed by atoms with Gasteiger partial charge in [-0.3, -0.25) is 9.89 Å². The van der Waals surface area contributed by atoms with Crippen LogP contribution < -0.4 is 0 Å². The molecule has 6 nitrogen and oxygen atoms in total. The van der Waals surface area contributed by atoms with Gasteiger partial charge in [0.2, 0.25) is 0 Å². The van der Waals surface area contributed by atoms with Gasteiger partial charge in [-0.05, 0) is 23.9 Å². The minimum absolute atomic E-state index is 0.0825. The zero-order valence-electron chi connectivity index (χ0n) is 15.4. The van der Waals surface area contributed by atoms with Crippen molar-refractivity contribution in [2.24, 2.45) is 5.92 Å². The minimum atomic E-state index is 0.0825. The summed E-state index contributed by atoms with van der Waals surface area (Å²) in [5.74, 6) is 1.86. The lowest BCUT2D eigenvalue weighted by atomic mass is 9.96. The highest BCUT2D eigenvalue weighted by Crippen LogP contribution is 2.33. The second-order valence-corrected chi connectivity index (χ2v) is 7.79. The quantitative estimate of drug-likeness (QED) is 0.735. The second-order valence-electron chi connectivity index (χ2n) is 6.88. The third-order valence-corrected chi connectivity index (χ3v) is 6.06. The molecule has 1 saturated heterocycles. The maximum absolute atomic E-state index is 12.9. The first-order chi connectivity index (χ1) is 13.2. The molecule has 1 fully saturated rings. The number of carbonyl (C=O) groups excluding carboxylic acids is 1. The number of benzene rings is 1. The predicted molar refractivity (Wildman–Crippen MR) is 105 cm³/mol. The topological polar surface area (TPSA) is 71.1 Å². The summed E-state index contributed by atoms with van der Waals surface area (Å²) in [6.07, 6.45) is 0. The lowest BCUT2D eigenvalue weighted by molar-refractivity contribution is 0.0779. The van der Waals surface area contributed by atoms with Crippen LogP contribution in [0.25, 0.3) is 11.4 Å². The molecule has 0 aliphatic carbocycles. The summed E-state index contributed by atoms with van der Waals surface area (Å²) < 4.78 is 5.41. The van der Waals surface area contributed by atoms with E-state index in [1.54, 1.807) is 7.11 Å². The van der Waals surface area contributed by atoms with Crippen LogP contribution in [0.1, 0.15) is 27.0 Å². The van der Waals surface area contributed by atoms with Gasteiger partial charge in [-0.1, -0.05) is 30.3 Å². The van der Waals surface area contributed by atoms with Crippen molar-refractivity contribution in [3.05, 3.63) is 58.0 Å². The highest BCUT2D eigenvalue weighted by Gasteiger charge is 2.38. The van der Waals surface area contributed by atoms with Crippen LogP contribution in [0.4, 0.5) is 0 Å². The molecular weight excluding hydrogens is 360 g/mol. The van der Waals surface area contributed by atoms with Crippen LogP contribution in [0.15, 0.2) is 41.8 Å². The first-order valence-corrected chi connectivity index (χ1v) is 9.85. The fraction of sp³-hybridized carbons (Fsp3) is 0.350. The van der Waals surface area contributed by atoms with E-state index in [0.29, 0.717) is 25.5 Å². The number of thiophene rings is 1. The molecule has 1 amide bonds. The number of nitrogens with one attached hydrogen (secondary N) is 1. The van der Waals surface area contributed by atoms with E-state index in [4.69, 9.17) is 9.72 Å². The summed E-state index contributed by atoms with van der Waals surface area (Å²) in [5, 5.41) is 9.43. The Balaban J connectivity index is 1.57. The van der Waals surface area contributed by atoms with Crippen molar-refractivity contribution in [3.8, 4) is 11.4 Å². The Bertz CT molecular complexity index is 921. The Morgan fingerprint density at radius 2 is 2.11 bits per heavy atom. The van der Waals surface area contributed by atoms with E-state index in [2.05, 4.69) is 10.2 Å². The van der Waals surface area contributed by atoms with Crippen molar-refractivity contribution in [1.82, 2.24) is 20.1 Å². The van der Waals surface area contributed by atoms with Gasteiger partial charge in [0.25, 0.3) is 5.91 Å². The lowest BCUT2D eigenvalue weighted by Gasteiger charge is -2.15. The van der Waals surface area contributed by atoms with Crippen LogP contribution in [0, 0.1) is 12.8 Å². The molecule has 140 valence electrons. The van der Waals surface area contributed by atoms with Crippen LogP contribution in [-0.2, 0) is 4.74 Å². The zero-order valence-corrected chi connectivity index (χ0v) is 16.2. The number of aromatic amines is 1. The molecule has 1 N–H and O–H groups in total. The Morgan fingerprint density at radius 3 is 2.81 bits per heavy atom. The third-order valence-electron chi connectivity index (χ3n) is 5.05. The molecule has 0 radical (unpaired) electrons. The molecule has 0 unspecified atom stereocenters. The lowest BCUT2D eigenvalue weighted by Crippen LogP contribution is -2.29. The maximum atomic E-state index is 12.9. The second kappa shape index (κ2) is 7.62. The number of carbonyl (C=O) groups is 1. The summed E-state index contributed by atoms with van der Waals surface area (Å²) in [6.45, 7) is 3.84. The Morgan fingerprint density at radius 1 is 1.30 bits per heavy atom. The number of hydrogen-bond donors (Lipinski definition) is 1. The van der Waals surface area contributed by atoms with Crippen molar-refractivity contribution in [1.29, 1.82) is 0 Å². The van der Waals surface area contributed by atoms with E-state index in [9.17, 15) is 4.79 Å². The standard InChI is InChI=1S/C20H22N4O2S/c1-13-8-9-27-17(13)20(25)24-10-15(12-26-2)16(11-24)19-21-18(22-23-19)14-6-4-3-5-7-14/h3-9,15-16H,10-12H2,1-2H3,(H,21,22,23)/t15-,16+/m0/s1. The molecule has 4 rings (SSSR count). The van der Waals surface area contributed by atoms with Crippen molar-refractivity contribution in [3.63, 3.8) is 0 Å². The number of amides is 1. The monoisotopic (exact) mass is 382 g/mol. The van der Waals surface area contributed by atoms with Crippen LogP contribution in [-0.4, -0.2) is 52.8 Å². The first kappa shape index (κ1) is 17.9. The molecule has 27 heavy (non-hydrogen) atoms. The number of likely N-dealkylation sites (tertiary alicyclic amines) is 1. The molecule has 2 atom stereocenters. The summed E-state index contributed by atoms with van der Waals surface area (Å²) in [4.78, 5) is 20.4. The van der Waals surface area contributed by atoms with E-state index in [1.807, 2.05) is 53.6 Å². The van der Waals surface area contributed by atoms with Gasteiger partial charge in [-0.25, -0.2) is 4.98 Å². The molecule has 1 aromatic carbocycles. The number of rotatable bonds is 5. The van der Waals surface area contributed by atoms with Crippen LogP contribution >= 0.6 is 11.3 Å². The van der Waals surface area contributed by atoms with Crippen LogP contribution in [0.2, 0.25) is 0 Å². The van der Waals surface area contributed by atoms with Gasteiger partial charge < -0.3 is 9.64 Å². The number of H-pyrrole nitrogens is 1. The number of methoxy groups -OCH3 is 1. The molecule has 3 aromatic rings. The average Bonchev–Trinajstić information content (AvgIpc) is 3.41. The molecule has 2 aromatic heterocycles. The van der Waals surface area contributed by atoms with E-state index in [-0.39, 0.29) is 17.7 Å². The van der Waals surface area contributed by atoms with Crippen LogP contribution in [0.3, 0.4) is 0 Å². The van der Waals surface area contributed by atoms with Gasteiger partial charge in [-0.15, -0.1) is 11.3 Å². The largest absolute Gasteiger partial charge is 0.384 e. The molecule has 0 saturated carbocycles. The predicted octanol–water partition coefficient (Wildman–Crippen LogP) is 3.34. The molecule has 7 heteroatoms. The van der Waals surface area contributed by atoms with Gasteiger partial charge in [0, 0.05) is 37.6 Å². The number of ether oxygens (including phenoxy) is 1. The van der Waals surface area contributed by atoms with Crippen molar-refractivity contribution in [2.45, 2.75) is 12.8 Å². The number of aryl methyl sites for hydroxylation is 1. The molecule has 1 aliphatic heterocycles. The summed E-state index contributed by atoms with van der Waals surface area (Å²) in [7, 11) is 1.70.